The fraction of sp³-hybridized carbons (Fsp3) is 0.333. The average molecular weight is 405 g/mol. The van der Waals surface area contributed by atoms with Crippen molar-refractivity contribution in [3.63, 3.8) is 0 Å². The van der Waals surface area contributed by atoms with E-state index in [1.54, 1.807) is 12.1 Å². The third-order valence-electron chi connectivity index (χ3n) is 4.79. The number of nitrogens with two attached hydrogens (primary N) is 1. The fourth-order valence-corrected chi connectivity index (χ4v) is 3.84. The van der Waals surface area contributed by atoms with E-state index < -0.39 is 17.2 Å². The number of carboxylic acid groups (broad SMARTS) is 1. The summed E-state index contributed by atoms with van der Waals surface area (Å²) in [5, 5.41) is 20.9. The lowest BCUT2D eigenvalue weighted by Gasteiger charge is -2.42. The molecule has 0 aliphatic heterocycles. The zero-order valence-electron chi connectivity index (χ0n) is 15.2. The molecule has 2 aromatic heterocycles. The minimum atomic E-state index is -1.12. The van der Waals surface area contributed by atoms with Crippen molar-refractivity contribution in [2.75, 3.05) is 19.0 Å². The number of hydrogen-bond acceptors (Lipinski definition) is 8. The van der Waals surface area contributed by atoms with E-state index in [2.05, 4.69) is 27.1 Å². The lowest BCUT2D eigenvalue weighted by Crippen LogP contribution is -2.42. The summed E-state index contributed by atoms with van der Waals surface area (Å²) in [7, 11) is 1.36. The van der Waals surface area contributed by atoms with Crippen molar-refractivity contribution < 1.29 is 19.0 Å². The van der Waals surface area contributed by atoms with Gasteiger partial charge in [0.15, 0.2) is 4.88 Å². The Morgan fingerprint density at radius 1 is 1.50 bits per heavy atom. The first-order valence-electron chi connectivity index (χ1n) is 8.54. The van der Waals surface area contributed by atoms with Gasteiger partial charge in [-0.25, -0.2) is 9.18 Å². The summed E-state index contributed by atoms with van der Waals surface area (Å²) in [6, 6.07) is 3.38. The first-order valence-corrected chi connectivity index (χ1v) is 9.36. The van der Waals surface area contributed by atoms with Crippen molar-refractivity contribution >= 4 is 23.1 Å². The van der Waals surface area contributed by atoms with Crippen molar-refractivity contribution in [1.29, 1.82) is 0 Å². The van der Waals surface area contributed by atoms with Crippen molar-refractivity contribution in [2.24, 2.45) is 11.1 Å². The first-order chi connectivity index (χ1) is 13.4. The van der Waals surface area contributed by atoms with Gasteiger partial charge in [0.1, 0.15) is 22.3 Å². The standard InChI is InChI=1S/C18H20FN5O3S/c1-3-10(19)14(20)18(7-4-8-18)9-21-12-6-5-11(23-24-12)16-22-15(27-2)13(28-16)17(25)26/h3,5-6H,1,4,7-9,20H2,2H3,(H,21,24)(H,25,26)/b14-10+. The van der Waals surface area contributed by atoms with Gasteiger partial charge < -0.3 is 20.9 Å². The molecule has 3 rings (SSSR count). The van der Waals surface area contributed by atoms with E-state index in [-0.39, 0.29) is 16.5 Å². The zero-order valence-corrected chi connectivity index (χ0v) is 16.1. The number of carbonyl (C=O) groups is 1. The minimum Gasteiger partial charge on any atom is -0.480 e. The smallest absolute Gasteiger partial charge is 0.351 e. The number of nitrogens with one attached hydrogen (secondary N) is 1. The van der Waals surface area contributed by atoms with Gasteiger partial charge >= 0.3 is 5.97 Å². The highest BCUT2D eigenvalue weighted by Crippen LogP contribution is 2.46. The Morgan fingerprint density at radius 3 is 2.71 bits per heavy atom. The number of aromatic nitrogens is 3. The highest BCUT2D eigenvalue weighted by atomic mass is 32.1. The normalized spacial score (nSPS) is 15.9. The van der Waals surface area contributed by atoms with E-state index in [1.165, 1.54) is 7.11 Å². The van der Waals surface area contributed by atoms with Crippen LogP contribution >= 0.6 is 11.3 Å². The molecule has 1 saturated carbocycles. The van der Waals surface area contributed by atoms with Crippen molar-refractivity contribution in [1.82, 2.24) is 15.2 Å². The maximum absolute atomic E-state index is 13.9. The lowest BCUT2D eigenvalue weighted by atomic mass is 9.66. The van der Waals surface area contributed by atoms with Crippen molar-refractivity contribution in [3.05, 3.63) is 41.2 Å². The average Bonchev–Trinajstić information content (AvgIpc) is 3.11. The largest absolute Gasteiger partial charge is 0.480 e. The van der Waals surface area contributed by atoms with Crippen LogP contribution in [0.3, 0.4) is 0 Å². The Hall–Kier alpha value is -3.01. The maximum Gasteiger partial charge on any atom is 0.351 e. The summed E-state index contributed by atoms with van der Waals surface area (Å²) >= 11 is 0.959. The molecule has 0 amide bonds. The summed E-state index contributed by atoms with van der Waals surface area (Å²) in [5.41, 5.74) is 6.17. The molecule has 1 aliphatic rings. The summed E-state index contributed by atoms with van der Waals surface area (Å²) < 4.78 is 18.8. The van der Waals surface area contributed by atoms with Gasteiger partial charge in [-0.15, -0.1) is 21.5 Å². The molecule has 0 unspecified atom stereocenters. The molecule has 1 fully saturated rings. The second kappa shape index (κ2) is 7.93. The lowest BCUT2D eigenvalue weighted by molar-refractivity contribution is 0.0698. The van der Waals surface area contributed by atoms with Gasteiger partial charge in [0.2, 0.25) is 5.88 Å². The van der Waals surface area contributed by atoms with Crippen molar-refractivity contribution in [3.8, 4) is 16.6 Å². The summed E-state index contributed by atoms with van der Waals surface area (Å²) in [6.07, 6.45) is 3.68. The molecule has 4 N–H and O–H groups in total. The van der Waals surface area contributed by atoms with Gasteiger partial charge in [-0.2, -0.15) is 4.98 Å². The van der Waals surface area contributed by atoms with Gasteiger partial charge in [-0.1, -0.05) is 13.0 Å². The number of carboxylic acids is 1. The van der Waals surface area contributed by atoms with Crippen LogP contribution in [0, 0.1) is 5.41 Å². The topological polar surface area (TPSA) is 123 Å². The molecular weight excluding hydrogens is 385 g/mol. The van der Waals surface area contributed by atoms with Crippen LogP contribution in [0.5, 0.6) is 5.88 Å². The van der Waals surface area contributed by atoms with Crippen LogP contribution in [0.15, 0.2) is 36.3 Å². The first kappa shape index (κ1) is 19.7. The zero-order chi connectivity index (χ0) is 20.3. The number of ether oxygens (including phenoxy) is 1. The minimum absolute atomic E-state index is 0.0000607. The van der Waals surface area contributed by atoms with Crippen LogP contribution in [0.2, 0.25) is 0 Å². The summed E-state index contributed by atoms with van der Waals surface area (Å²) in [5.74, 6) is -1.07. The van der Waals surface area contributed by atoms with Gasteiger partial charge in [-0.05, 0) is 31.1 Å². The molecule has 8 nitrogen and oxygen atoms in total. The van der Waals surface area contributed by atoms with Gasteiger partial charge in [0.05, 0.1) is 12.8 Å². The number of methoxy groups -OCH3 is 1. The number of rotatable bonds is 8. The fourth-order valence-electron chi connectivity index (χ4n) is 3.00. The van der Waals surface area contributed by atoms with E-state index >= 15 is 0 Å². The van der Waals surface area contributed by atoms with E-state index in [4.69, 9.17) is 10.5 Å². The Balaban J connectivity index is 1.73. The van der Waals surface area contributed by atoms with E-state index in [0.29, 0.717) is 23.1 Å². The maximum atomic E-state index is 13.9. The molecule has 148 valence electrons. The molecule has 28 heavy (non-hydrogen) atoms. The van der Waals surface area contributed by atoms with E-state index in [9.17, 15) is 14.3 Å². The number of anilines is 1. The number of allylic oxidation sites excluding steroid dienone is 2. The molecular formula is C18H20FN5O3S. The molecule has 0 atom stereocenters. The summed E-state index contributed by atoms with van der Waals surface area (Å²) in [6.45, 7) is 3.86. The number of nitrogens with zero attached hydrogens (tertiary/aromatic N) is 3. The van der Waals surface area contributed by atoms with E-state index in [0.717, 1.165) is 36.7 Å². The molecule has 1 aliphatic carbocycles. The summed E-state index contributed by atoms with van der Waals surface area (Å²) in [4.78, 5) is 15.3. The number of aromatic carboxylic acids is 1. The Kier molecular flexibility index (Phi) is 5.59. The van der Waals surface area contributed by atoms with Crippen LogP contribution in [0.25, 0.3) is 10.7 Å². The highest BCUT2D eigenvalue weighted by molar-refractivity contribution is 7.17. The van der Waals surface area contributed by atoms with Crippen LogP contribution in [0.1, 0.15) is 28.9 Å². The van der Waals surface area contributed by atoms with Crippen LogP contribution in [0.4, 0.5) is 10.2 Å². The van der Waals surface area contributed by atoms with Gasteiger partial charge in [0, 0.05) is 12.0 Å². The van der Waals surface area contributed by atoms with E-state index in [1.807, 2.05) is 0 Å². The second-order valence-electron chi connectivity index (χ2n) is 6.42. The molecule has 0 aromatic carbocycles. The molecule has 10 heteroatoms. The Morgan fingerprint density at radius 2 is 2.25 bits per heavy atom. The number of hydrogen-bond donors (Lipinski definition) is 3. The van der Waals surface area contributed by atoms with Crippen LogP contribution < -0.4 is 15.8 Å². The predicted octanol–water partition coefficient (Wildman–Crippen LogP) is 3.21. The van der Waals surface area contributed by atoms with Crippen molar-refractivity contribution in [2.45, 2.75) is 19.3 Å². The number of halogens is 1. The molecule has 0 radical (unpaired) electrons. The molecule has 2 heterocycles. The van der Waals surface area contributed by atoms with Gasteiger partial charge in [0.25, 0.3) is 0 Å². The predicted molar refractivity (Wildman–Crippen MR) is 104 cm³/mol. The van der Waals surface area contributed by atoms with Crippen LogP contribution in [-0.2, 0) is 0 Å². The molecule has 0 spiro atoms. The quantitative estimate of drug-likeness (QED) is 0.572. The molecule has 0 bridgehead atoms. The van der Waals surface area contributed by atoms with Gasteiger partial charge in [-0.3, -0.25) is 0 Å². The Labute approximate surface area is 165 Å². The third-order valence-corrected chi connectivity index (χ3v) is 5.84. The molecule has 0 saturated heterocycles. The van der Waals surface area contributed by atoms with Crippen LogP contribution in [-0.4, -0.2) is 39.9 Å². The third kappa shape index (κ3) is 3.68. The second-order valence-corrected chi connectivity index (χ2v) is 7.42. The number of thiazole rings is 1. The Bertz CT molecular complexity index is 922. The highest BCUT2D eigenvalue weighted by Gasteiger charge is 2.41. The SMILES string of the molecule is C=C/C(F)=C(\N)C1(CNc2ccc(-c3nc(OC)c(C(=O)O)s3)nn2)CCC1. The molecule has 2 aromatic rings. The monoisotopic (exact) mass is 405 g/mol.